The molecule has 8 heteroatoms. The number of ether oxygens (including phenoxy) is 3. The standard InChI is InChI=1S/C18H20N4O4/c1-5-8-26-17(23)15-11(2)21-18-19-10-20-22(18)16(15)13-9-12(24-3)6-7-14(13)25-4/h5-7,9-10,16H,1,8H2,2-4H3,(H,19,20,21)/t16-/m0/s1. The van der Waals surface area contributed by atoms with Crippen molar-refractivity contribution < 1.29 is 19.0 Å². The molecule has 0 saturated heterocycles. The molecule has 1 aliphatic heterocycles. The number of rotatable bonds is 6. The monoisotopic (exact) mass is 356 g/mol. The van der Waals surface area contributed by atoms with Gasteiger partial charge in [-0.25, -0.2) is 9.48 Å². The number of nitrogens with zero attached hydrogens (tertiary/aromatic N) is 3. The van der Waals surface area contributed by atoms with Crippen molar-refractivity contribution in [3.63, 3.8) is 0 Å². The highest BCUT2D eigenvalue weighted by molar-refractivity contribution is 5.92. The second-order valence-corrected chi connectivity index (χ2v) is 5.59. The van der Waals surface area contributed by atoms with Gasteiger partial charge in [0.2, 0.25) is 5.95 Å². The Kier molecular flexibility index (Phi) is 4.92. The van der Waals surface area contributed by atoms with E-state index >= 15 is 0 Å². The van der Waals surface area contributed by atoms with Gasteiger partial charge in [-0.3, -0.25) is 0 Å². The minimum absolute atomic E-state index is 0.113. The number of esters is 1. The van der Waals surface area contributed by atoms with Gasteiger partial charge in [0, 0.05) is 11.3 Å². The fourth-order valence-corrected chi connectivity index (χ4v) is 2.91. The quantitative estimate of drug-likeness (QED) is 0.628. The molecule has 2 aromatic rings. The highest BCUT2D eigenvalue weighted by atomic mass is 16.5. The summed E-state index contributed by atoms with van der Waals surface area (Å²) in [6.07, 6.45) is 2.94. The number of methoxy groups -OCH3 is 2. The third kappa shape index (κ3) is 3.01. The van der Waals surface area contributed by atoms with E-state index in [1.54, 1.807) is 38.0 Å². The minimum Gasteiger partial charge on any atom is -0.497 e. The number of hydrogen-bond donors (Lipinski definition) is 1. The van der Waals surface area contributed by atoms with E-state index in [-0.39, 0.29) is 6.61 Å². The molecule has 0 unspecified atom stereocenters. The van der Waals surface area contributed by atoms with Crippen molar-refractivity contribution in [1.29, 1.82) is 0 Å². The van der Waals surface area contributed by atoms with Gasteiger partial charge in [0.05, 0.1) is 19.8 Å². The van der Waals surface area contributed by atoms with Crippen LogP contribution in [0, 0.1) is 0 Å². The average Bonchev–Trinajstić information content (AvgIpc) is 3.12. The summed E-state index contributed by atoms with van der Waals surface area (Å²) in [4.78, 5) is 16.9. The Balaban J connectivity index is 2.18. The first kappa shape index (κ1) is 17.5. The Labute approximate surface area is 151 Å². The maximum Gasteiger partial charge on any atom is 0.338 e. The van der Waals surface area contributed by atoms with E-state index in [1.165, 1.54) is 12.4 Å². The first-order chi connectivity index (χ1) is 12.6. The second kappa shape index (κ2) is 7.30. The summed E-state index contributed by atoms with van der Waals surface area (Å²) in [6.45, 7) is 5.49. The molecule has 0 spiro atoms. The second-order valence-electron chi connectivity index (χ2n) is 5.59. The number of benzene rings is 1. The SMILES string of the molecule is C=CCOC(=O)C1=C(C)Nc2ncnn2[C@H]1c1cc(OC)ccc1OC. The van der Waals surface area contributed by atoms with Crippen LogP contribution in [-0.4, -0.2) is 41.6 Å². The van der Waals surface area contributed by atoms with Crippen LogP contribution in [0.2, 0.25) is 0 Å². The van der Waals surface area contributed by atoms with Gasteiger partial charge in [0.15, 0.2) is 0 Å². The lowest BCUT2D eigenvalue weighted by Crippen LogP contribution is -2.30. The molecule has 0 saturated carbocycles. The zero-order valence-corrected chi connectivity index (χ0v) is 14.9. The van der Waals surface area contributed by atoms with Gasteiger partial charge < -0.3 is 19.5 Å². The van der Waals surface area contributed by atoms with E-state index in [0.29, 0.717) is 34.3 Å². The molecule has 1 aromatic carbocycles. The molecule has 0 amide bonds. The molecule has 2 heterocycles. The minimum atomic E-state index is -0.573. The van der Waals surface area contributed by atoms with Crippen molar-refractivity contribution in [3.8, 4) is 11.5 Å². The van der Waals surface area contributed by atoms with Crippen LogP contribution in [0.1, 0.15) is 18.5 Å². The zero-order valence-electron chi connectivity index (χ0n) is 14.9. The lowest BCUT2D eigenvalue weighted by Gasteiger charge is -2.29. The molecule has 0 radical (unpaired) electrons. The summed E-state index contributed by atoms with van der Waals surface area (Å²) in [6, 6.07) is 4.82. The van der Waals surface area contributed by atoms with Crippen molar-refractivity contribution in [1.82, 2.24) is 14.8 Å². The van der Waals surface area contributed by atoms with E-state index in [4.69, 9.17) is 14.2 Å². The summed E-state index contributed by atoms with van der Waals surface area (Å²) in [5.74, 6) is 1.29. The normalized spacial score (nSPS) is 15.7. The fourth-order valence-electron chi connectivity index (χ4n) is 2.91. The molecular weight excluding hydrogens is 336 g/mol. The summed E-state index contributed by atoms with van der Waals surface area (Å²) in [5, 5.41) is 7.36. The molecule has 1 aromatic heterocycles. The van der Waals surface area contributed by atoms with Crippen molar-refractivity contribution in [2.45, 2.75) is 13.0 Å². The lowest BCUT2D eigenvalue weighted by atomic mass is 9.94. The Bertz CT molecular complexity index is 872. The van der Waals surface area contributed by atoms with Crippen molar-refractivity contribution in [2.24, 2.45) is 0 Å². The van der Waals surface area contributed by atoms with Crippen LogP contribution in [-0.2, 0) is 9.53 Å². The van der Waals surface area contributed by atoms with Crippen molar-refractivity contribution in [2.75, 3.05) is 26.1 Å². The van der Waals surface area contributed by atoms with Gasteiger partial charge in [-0.05, 0) is 25.1 Å². The first-order valence-corrected chi connectivity index (χ1v) is 7.98. The van der Waals surface area contributed by atoms with Gasteiger partial charge in [0.1, 0.15) is 30.5 Å². The average molecular weight is 356 g/mol. The number of nitrogens with one attached hydrogen (secondary N) is 1. The predicted molar refractivity (Wildman–Crippen MR) is 95.2 cm³/mol. The predicted octanol–water partition coefficient (Wildman–Crippen LogP) is 2.31. The summed E-state index contributed by atoms with van der Waals surface area (Å²) < 4.78 is 17.8. The molecule has 1 N–H and O–H groups in total. The van der Waals surface area contributed by atoms with Crippen LogP contribution in [0.5, 0.6) is 11.5 Å². The van der Waals surface area contributed by atoms with Crippen LogP contribution < -0.4 is 14.8 Å². The van der Waals surface area contributed by atoms with Crippen LogP contribution in [0.3, 0.4) is 0 Å². The molecule has 26 heavy (non-hydrogen) atoms. The zero-order chi connectivity index (χ0) is 18.7. The Morgan fingerprint density at radius 1 is 1.38 bits per heavy atom. The molecule has 1 atom stereocenters. The number of fused-ring (bicyclic) bond motifs is 1. The molecule has 3 rings (SSSR count). The Morgan fingerprint density at radius 2 is 2.19 bits per heavy atom. The summed E-state index contributed by atoms with van der Waals surface area (Å²) in [7, 11) is 3.15. The van der Waals surface area contributed by atoms with E-state index < -0.39 is 12.0 Å². The highest BCUT2D eigenvalue weighted by Gasteiger charge is 2.36. The van der Waals surface area contributed by atoms with Gasteiger partial charge in [-0.1, -0.05) is 12.7 Å². The van der Waals surface area contributed by atoms with Crippen LogP contribution in [0.15, 0.2) is 48.5 Å². The largest absolute Gasteiger partial charge is 0.497 e. The number of carbonyl (C=O) groups is 1. The van der Waals surface area contributed by atoms with Crippen LogP contribution >= 0.6 is 0 Å². The maximum atomic E-state index is 12.7. The highest BCUT2D eigenvalue weighted by Crippen LogP contribution is 2.40. The van der Waals surface area contributed by atoms with Crippen LogP contribution in [0.4, 0.5) is 5.95 Å². The number of anilines is 1. The molecular formula is C18H20N4O4. The Hall–Kier alpha value is -3.29. The van der Waals surface area contributed by atoms with Crippen molar-refractivity contribution in [3.05, 3.63) is 54.0 Å². The van der Waals surface area contributed by atoms with E-state index in [9.17, 15) is 4.79 Å². The number of aromatic nitrogens is 3. The Morgan fingerprint density at radius 3 is 2.88 bits per heavy atom. The molecule has 1 aliphatic rings. The van der Waals surface area contributed by atoms with E-state index in [2.05, 4.69) is 22.0 Å². The third-order valence-electron chi connectivity index (χ3n) is 4.08. The van der Waals surface area contributed by atoms with Crippen LogP contribution in [0.25, 0.3) is 0 Å². The van der Waals surface area contributed by atoms with Gasteiger partial charge in [0.25, 0.3) is 0 Å². The fraction of sp³-hybridized carbons (Fsp3) is 0.278. The topological polar surface area (TPSA) is 87.5 Å². The van der Waals surface area contributed by atoms with Gasteiger partial charge in [-0.2, -0.15) is 10.1 Å². The first-order valence-electron chi connectivity index (χ1n) is 7.98. The van der Waals surface area contributed by atoms with Crippen molar-refractivity contribution >= 4 is 11.9 Å². The van der Waals surface area contributed by atoms with E-state index in [1.807, 2.05) is 6.07 Å². The lowest BCUT2D eigenvalue weighted by molar-refractivity contribution is -0.138. The third-order valence-corrected chi connectivity index (χ3v) is 4.08. The molecule has 8 nitrogen and oxygen atoms in total. The van der Waals surface area contributed by atoms with Gasteiger partial charge >= 0.3 is 5.97 Å². The smallest absolute Gasteiger partial charge is 0.338 e. The number of carbonyl (C=O) groups excluding carboxylic acids is 1. The molecule has 0 aliphatic carbocycles. The summed E-state index contributed by atoms with van der Waals surface area (Å²) >= 11 is 0. The molecule has 0 fully saturated rings. The maximum absolute atomic E-state index is 12.7. The molecule has 136 valence electrons. The number of hydrogen-bond acceptors (Lipinski definition) is 7. The number of allylic oxidation sites excluding steroid dienone is 1. The summed E-state index contributed by atoms with van der Waals surface area (Å²) in [5.41, 5.74) is 1.76. The van der Waals surface area contributed by atoms with E-state index in [0.717, 1.165) is 0 Å². The molecule has 0 bridgehead atoms. The van der Waals surface area contributed by atoms with Gasteiger partial charge in [-0.15, -0.1) is 0 Å².